The summed E-state index contributed by atoms with van der Waals surface area (Å²) < 4.78 is 0. The fraction of sp³-hybridized carbons (Fsp3) is 0. The Morgan fingerprint density at radius 2 is 0.389 bits per heavy atom. The second-order valence-corrected chi connectivity index (χ2v) is 35.8. The van der Waals surface area contributed by atoms with Crippen LogP contribution in [0.25, 0.3) is 267 Å². The molecule has 144 heavy (non-hydrogen) atoms. The van der Waals surface area contributed by atoms with Crippen LogP contribution >= 0.6 is 0 Å². The molecule has 27 rings (SSSR count). The minimum absolute atomic E-state index is 0.608. The van der Waals surface area contributed by atoms with E-state index in [0.29, 0.717) is 52.4 Å². The third kappa shape index (κ3) is 17.3. The van der Waals surface area contributed by atoms with Crippen LogP contribution < -0.4 is 0 Å². The summed E-state index contributed by atoms with van der Waals surface area (Å²) >= 11 is 0. The molecule has 6 heterocycles. The Balaban J connectivity index is 0.000000113. The third-order valence-corrected chi connectivity index (χ3v) is 26.7. The predicted octanol–water partition coefficient (Wildman–Crippen LogP) is 33.2. The van der Waals surface area contributed by atoms with Gasteiger partial charge in [0.15, 0.2) is 52.4 Å². The maximum absolute atomic E-state index is 5.11. The summed E-state index contributed by atoms with van der Waals surface area (Å²) in [4.78, 5) is 60.0. The molecule has 0 unspecified atom stereocenters. The van der Waals surface area contributed by atoms with Gasteiger partial charge in [0.1, 0.15) is 0 Å². The molecular weight excluding hydrogens is 1750 g/mol. The quantitative estimate of drug-likeness (QED) is 0.0897. The largest absolute Gasteiger partial charge is 0.256 e. The number of hydrogen-bond acceptors (Lipinski definition) is 12. The van der Waals surface area contributed by atoms with Crippen molar-refractivity contribution in [2.45, 2.75) is 0 Å². The lowest BCUT2D eigenvalue weighted by molar-refractivity contribution is 1.07. The Morgan fingerprint density at radius 3 is 0.792 bits per heavy atom. The van der Waals surface area contributed by atoms with Crippen LogP contribution in [0.3, 0.4) is 0 Å². The average Bonchev–Trinajstić information content (AvgIpc) is 0.753. The molecule has 0 aliphatic heterocycles. The molecule has 0 amide bonds. The van der Waals surface area contributed by atoms with Crippen molar-refractivity contribution >= 4 is 97.3 Å². The van der Waals surface area contributed by atoms with E-state index in [1.165, 1.54) is 64.6 Å². The normalized spacial score (nSPS) is 11.3. The molecule has 21 aromatic carbocycles. The van der Waals surface area contributed by atoms with E-state index in [2.05, 4.69) is 296 Å². The standard InChI is InChI=1S/3C44H28N4/c1-3-14-30(15-4-1)42-46-43(31-16-5-2-6-17-31)48-44(47-42)35-26-33(25-34(27-35)41-24-23-29-13-8-12-22-40(29)45-41)39-28-32-18-7-9-19-36(32)37-20-10-11-21-38(37)39;1-3-13-30(14-4-1)42-46-43(31-15-5-2-6-16-31)48-44(47-42)35-26-33(37-23-11-18-29-19-12-24-45-41(29)37)25-34(27-35)40-28-32-17-7-8-20-36(32)38-21-9-10-22-39(38)40;1-3-12-30(13-4-1)42-46-43(31-14-5-2-6-15-31)48-44(47-42)36-25-34(32-22-21-29-17-11-23-45-41(29)28-32)24-35(26-36)40-27-33-16-7-8-18-37(33)38-19-9-10-20-39(38)40/h3*1-28H. The Hall–Kier alpha value is -19.6. The lowest BCUT2D eigenvalue weighted by Gasteiger charge is -2.15. The smallest absolute Gasteiger partial charge is 0.164 e. The van der Waals surface area contributed by atoms with Crippen molar-refractivity contribution in [2.75, 3.05) is 0 Å². The Labute approximate surface area is 830 Å². The van der Waals surface area contributed by atoms with Gasteiger partial charge in [-0.1, -0.05) is 394 Å². The molecule has 0 saturated heterocycles. The highest BCUT2D eigenvalue weighted by Crippen LogP contribution is 2.46. The number of hydrogen-bond donors (Lipinski definition) is 0. The summed E-state index contributed by atoms with van der Waals surface area (Å²) in [6.07, 6.45) is 3.70. The van der Waals surface area contributed by atoms with Crippen molar-refractivity contribution in [1.29, 1.82) is 0 Å². The Morgan fingerprint density at radius 1 is 0.118 bits per heavy atom. The zero-order valence-corrected chi connectivity index (χ0v) is 77.9. The van der Waals surface area contributed by atoms with Crippen molar-refractivity contribution in [3.8, 4) is 169 Å². The van der Waals surface area contributed by atoms with Gasteiger partial charge in [0.25, 0.3) is 0 Å². The van der Waals surface area contributed by atoms with E-state index in [1.54, 1.807) is 0 Å². The van der Waals surface area contributed by atoms with E-state index in [4.69, 9.17) is 54.8 Å². The number of rotatable bonds is 15. The van der Waals surface area contributed by atoms with Crippen LogP contribution in [0, 0.1) is 0 Å². The van der Waals surface area contributed by atoms with Gasteiger partial charge in [0.2, 0.25) is 0 Å². The van der Waals surface area contributed by atoms with Gasteiger partial charge >= 0.3 is 0 Å². The van der Waals surface area contributed by atoms with Crippen LogP contribution in [0.4, 0.5) is 0 Å². The molecule has 0 atom stereocenters. The molecule has 0 fully saturated rings. The van der Waals surface area contributed by atoms with Crippen LogP contribution in [0.1, 0.15) is 0 Å². The average molecular weight is 1840 g/mol. The maximum Gasteiger partial charge on any atom is 0.164 e. The molecule has 0 radical (unpaired) electrons. The SMILES string of the molecule is c1ccc(-c2nc(-c3ccccc3)nc(-c3cc(-c4cc5ccccc5c5ccccc45)cc(-c4cccc5cccnc45)c3)n2)cc1.c1ccc(-c2nc(-c3ccccc3)nc(-c3cc(-c4ccc5ccccc5n4)cc(-c4cc5ccccc5c5ccccc45)c3)n2)cc1.c1ccc(-c2nc(-c3ccccc3)nc(-c3cc(-c4ccc5cccnc5c4)cc(-c4cc5ccccc5c5ccccc45)c3)n2)cc1. The topological polar surface area (TPSA) is 155 Å². The van der Waals surface area contributed by atoms with Gasteiger partial charge in [0.05, 0.1) is 22.2 Å². The molecule has 27 aromatic rings. The molecule has 0 spiro atoms. The van der Waals surface area contributed by atoms with E-state index in [1.807, 2.05) is 219 Å². The number of aromatic nitrogens is 12. The number of benzene rings is 21. The number of nitrogens with zero attached hydrogens (tertiary/aromatic N) is 12. The summed E-state index contributed by atoms with van der Waals surface area (Å²) in [6.45, 7) is 0. The summed E-state index contributed by atoms with van der Waals surface area (Å²) in [5.41, 5.74) is 24.1. The van der Waals surface area contributed by atoms with E-state index >= 15 is 0 Å². The molecule has 0 aliphatic rings. The van der Waals surface area contributed by atoms with Gasteiger partial charge < -0.3 is 0 Å². The van der Waals surface area contributed by atoms with Crippen molar-refractivity contribution in [3.63, 3.8) is 0 Å². The number of pyridine rings is 3. The van der Waals surface area contributed by atoms with Gasteiger partial charge in [-0.05, 0) is 218 Å². The van der Waals surface area contributed by atoms with Gasteiger partial charge in [-0.25, -0.2) is 49.8 Å². The molecule has 0 N–H and O–H groups in total. The first-order chi connectivity index (χ1) is 71.3. The molecule has 12 heteroatoms. The first kappa shape index (κ1) is 86.1. The third-order valence-electron chi connectivity index (χ3n) is 26.7. The predicted molar refractivity (Wildman–Crippen MR) is 592 cm³/mol. The molecule has 0 saturated carbocycles. The van der Waals surface area contributed by atoms with Gasteiger partial charge in [-0.15, -0.1) is 0 Å². The van der Waals surface area contributed by atoms with Crippen LogP contribution in [0.5, 0.6) is 0 Å². The first-order valence-corrected chi connectivity index (χ1v) is 48.2. The summed E-state index contributed by atoms with van der Waals surface area (Å²) in [5.74, 6) is 5.65. The summed E-state index contributed by atoms with van der Waals surface area (Å²) in [5, 5.41) is 17.9. The van der Waals surface area contributed by atoms with Crippen molar-refractivity contribution in [1.82, 2.24) is 59.8 Å². The number of fused-ring (bicyclic) bond motifs is 12. The monoisotopic (exact) mass is 1840 g/mol. The van der Waals surface area contributed by atoms with Crippen LogP contribution in [-0.2, 0) is 0 Å². The summed E-state index contributed by atoms with van der Waals surface area (Å²) in [7, 11) is 0. The fourth-order valence-electron chi connectivity index (χ4n) is 19.7. The van der Waals surface area contributed by atoms with E-state index in [0.717, 1.165) is 150 Å². The lowest BCUT2D eigenvalue weighted by atomic mass is 9.90. The fourth-order valence-corrected chi connectivity index (χ4v) is 19.7. The molecule has 6 aromatic heterocycles. The van der Waals surface area contributed by atoms with E-state index in [-0.39, 0.29) is 0 Å². The minimum Gasteiger partial charge on any atom is -0.256 e. The van der Waals surface area contributed by atoms with E-state index < -0.39 is 0 Å². The maximum atomic E-state index is 5.11. The summed E-state index contributed by atoms with van der Waals surface area (Å²) in [6, 6.07) is 173. The van der Waals surface area contributed by atoms with Crippen molar-refractivity contribution in [3.05, 3.63) is 510 Å². The van der Waals surface area contributed by atoms with Crippen LogP contribution in [0.2, 0.25) is 0 Å². The first-order valence-electron chi connectivity index (χ1n) is 48.2. The Bertz CT molecular complexity index is 9040. The van der Waals surface area contributed by atoms with Gasteiger partial charge in [0, 0.05) is 89.8 Å². The lowest BCUT2D eigenvalue weighted by Crippen LogP contribution is -2.00. The molecule has 12 nitrogen and oxygen atoms in total. The minimum atomic E-state index is 0.608. The number of para-hydroxylation sites is 2. The van der Waals surface area contributed by atoms with E-state index in [9.17, 15) is 0 Å². The molecule has 672 valence electrons. The highest BCUT2D eigenvalue weighted by Gasteiger charge is 2.24. The van der Waals surface area contributed by atoms with Gasteiger partial charge in [-0.3, -0.25) is 9.97 Å². The highest BCUT2D eigenvalue weighted by atomic mass is 15.1. The zero-order valence-electron chi connectivity index (χ0n) is 77.9. The van der Waals surface area contributed by atoms with Crippen LogP contribution in [-0.4, -0.2) is 59.8 Å². The second kappa shape index (κ2) is 38.1. The van der Waals surface area contributed by atoms with Crippen molar-refractivity contribution < 1.29 is 0 Å². The van der Waals surface area contributed by atoms with Gasteiger partial charge in [-0.2, -0.15) is 0 Å². The molecule has 0 aliphatic carbocycles. The zero-order chi connectivity index (χ0) is 95.6. The molecular formula is C132H84N12. The Kier molecular flexibility index (Phi) is 22.8. The second-order valence-electron chi connectivity index (χ2n) is 35.8. The molecule has 0 bridgehead atoms. The van der Waals surface area contributed by atoms with Crippen molar-refractivity contribution in [2.24, 2.45) is 0 Å². The van der Waals surface area contributed by atoms with Crippen LogP contribution in [0.15, 0.2) is 510 Å². The highest BCUT2D eigenvalue weighted by molar-refractivity contribution is 6.17.